The van der Waals surface area contributed by atoms with Crippen LogP contribution in [0.1, 0.15) is 30.6 Å². The summed E-state index contributed by atoms with van der Waals surface area (Å²) in [6.45, 7) is 4.06. The maximum absolute atomic E-state index is 11.6. The average Bonchev–Trinajstić information content (AvgIpc) is 2.68. The van der Waals surface area contributed by atoms with E-state index in [1.807, 2.05) is 13.8 Å². The Morgan fingerprint density at radius 1 is 1.60 bits per heavy atom. The zero-order valence-electron chi connectivity index (χ0n) is 9.06. The van der Waals surface area contributed by atoms with E-state index in [4.69, 9.17) is 9.52 Å². The molecule has 0 bridgehead atoms. The summed E-state index contributed by atoms with van der Waals surface area (Å²) in [5, 5.41) is 11.8. The van der Waals surface area contributed by atoms with Crippen LogP contribution in [0.3, 0.4) is 0 Å². The number of nitrogens with one attached hydrogen (secondary N) is 1. The number of furan rings is 1. The van der Waals surface area contributed by atoms with Crippen LogP contribution in [0.15, 0.2) is 23.0 Å². The van der Waals surface area contributed by atoms with Crippen molar-refractivity contribution in [1.29, 1.82) is 0 Å². The topological polar surface area (TPSA) is 62.5 Å². The molecule has 1 atom stereocenters. The summed E-state index contributed by atoms with van der Waals surface area (Å²) in [6, 6.07) is 1.41. The first kappa shape index (κ1) is 11.8. The van der Waals surface area contributed by atoms with Gasteiger partial charge in [0.1, 0.15) is 6.26 Å². The molecule has 2 N–H and O–H groups in total. The van der Waals surface area contributed by atoms with Gasteiger partial charge in [-0.25, -0.2) is 0 Å². The lowest BCUT2D eigenvalue weighted by Crippen LogP contribution is -2.38. The number of carbonyl (C=O) groups excluding carboxylic acids is 1. The second-order valence-corrected chi connectivity index (χ2v) is 3.99. The van der Waals surface area contributed by atoms with Crippen molar-refractivity contribution in [2.45, 2.75) is 26.3 Å². The van der Waals surface area contributed by atoms with Crippen molar-refractivity contribution in [1.82, 2.24) is 5.32 Å². The second kappa shape index (κ2) is 5.56. The SMILES string of the molecule is CC(C)CC(CO)NC(=O)c1ccoc1. The maximum Gasteiger partial charge on any atom is 0.254 e. The molecule has 0 aliphatic heterocycles. The normalized spacial score (nSPS) is 12.8. The van der Waals surface area contributed by atoms with E-state index in [-0.39, 0.29) is 18.6 Å². The highest BCUT2D eigenvalue weighted by Gasteiger charge is 2.14. The Balaban J connectivity index is 2.48. The molecular weight excluding hydrogens is 194 g/mol. The predicted molar refractivity (Wildman–Crippen MR) is 56.5 cm³/mol. The summed E-state index contributed by atoms with van der Waals surface area (Å²) < 4.78 is 4.81. The molecule has 4 heteroatoms. The molecule has 0 saturated carbocycles. The van der Waals surface area contributed by atoms with Crippen molar-refractivity contribution < 1.29 is 14.3 Å². The first-order valence-corrected chi connectivity index (χ1v) is 5.07. The van der Waals surface area contributed by atoms with Gasteiger partial charge in [-0.15, -0.1) is 0 Å². The third-order valence-corrected chi connectivity index (χ3v) is 2.09. The summed E-state index contributed by atoms with van der Waals surface area (Å²) in [7, 11) is 0. The largest absolute Gasteiger partial charge is 0.472 e. The fourth-order valence-corrected chi connectivity index (χ4v) is 1.41. The number of rotatable bonds is 5. The second-order valence-electron chi connectivity index (χ2n) is 3.99. The van der Waals surface area contributed by atoms with Gasteiger partial charge in [0.15, 0.2) is 0 Å². The van der Waals surface area contributed by atoms with E-state index in [0.29, 0.717) is 11.5 Å². The molecule has 1 aromatic heterocycles. The zero-order valence-corrected chi connectivity index (χ0v) is 9.06. The number of amides is 1. The van der Waals surface area contributed by atoms with Crippen molar-refractivity contribution in [3.05, 3.63) is 24.2 Å². The smallest absolute Gasteiger partial charge is 0.254 e. The Labute approximate surface area is 89.3 Å². The molecule has 4 nitrogen and oxygen atoms in total. The Hall–Kier alpha value is -1.29. The molecule has 0 aromatic carbocycles. The Morgan fingerprint density at radius 3 is 2.80 bits per heavy atom. The van der Waals surface area contributed by atoms with Crippen molar-refractivity contribution in [2.24, 2.45) is 5.92 Å². The summed E-state index contributed by atoms with van der Waals surface area (Å²) in [4.78, 5) is 11.6. The first-order chi connectivity index (χ1) is 7.13. The van der Waals surface area contributed by atoms with Gasteiger partial charge in [0.25, 0.3) is 5.91 Å². The van der Waals surface area contributed by atoms with Gasteiger partial charge in [-0.2, -0.15) is 0 Å². The van der Waals surface area contributed by atoms with Crippen LogP contribution in [-0.2, 0) is 0 Å². The van der Waals surface area contributed by atoms with Crippen molar-refractivity contribution >= 4 is 5.91 Å². The molecule has 0 aliphatic carbocycles. The third-order valence-electron chi connectivity index (χ3n) is 2.09. The van der Waals surface area contributed by atoms with Crippen LogP contribution >= 0.6 is 0 Å². The molecule has 1 unspecified atom stereocenters. The summed E-state index contributed by atoms with van der Waals surface area (Å²) in [6.07, 6.45) is 3.60. The van der Waals surface area contributed by atoms with Crippen LogP contribution in [0.25, 0.3) is 0 Å². The molecule has 0 saturated heterocycles. The molecule has 0 aliphatic rings. The molecule has 0 fully saturated rings. The van der Waals surface area contributed by atoms with Crippen molar-refractivity contribution in [3.63, 3.8) is 0 Å². The molecule has 1 heterocycles. The number of hydrogen-bond acceptors (Lipinski definition) is 3. The quantitative estimate of drug-likeness (QED) is 0.774. The molecule has 0 spiro atoms. The van der Waals surface area contributed by atoms with Gasteiger partial charge in [-0.1, -0.05) is 13.8 Å². The van der Waals surface area contributed by atoms with Crippen LogP contribution in [0.2, 0.25) is 0 Å². The summed E-state index contributed by atoms with van der Waals surface area (Å²) >= 11 is 0. The van der Waals surface area contributed by atoms with E-state index >= 15 is 0 Å². The van der Waals surface area contributed by atoms with E-state index < -0.39 is 0 Å². The third kappa shape index (κ3) is 3.75. The lowest BCUT2D eigenvalue weighted by molar-refractivity contribution is 0.0907. The van der Waals surface area contributed by atoms with E-state index in [9.17, 15) is 4.79 Å². The standard InChI is InChI=1S/C11H17NO3/c1-8(2)5-10(6-13)12-11(14)9-3-4-15-7-9/h3-4,7-8,10,13H,5-6H2,1-2H3,(H,12,14). The van der Waals surface area contributed by atoms with E-state index in [1.165, 1.54) is 12.5 Å². The molecular formula is C11H17NO3. The fourth-order valence-electron chi connectivity index (χ4n) is 1.41. The zero-order chi connectivity index (χ0) is 11.3. The van der Waals surface area contributed by atoms with Crippen molar-refractivity contribution in [3.8, 4) is 0 Å². The highest BCUT2D eigenvalue weighted by molar-refractivity contribution is 5.93. The highest BCUT2D eigenvalue weighted by Crippen LogP contribution is 2.06. The van der Waals surface area contributed by atoms with Crippen LogP contribution in [0.5, 0.6) is 0 Å². The van der Waals surface area contributed by atoms with Gasteiger partial charge >= 0.3 is 0 Å². The van der Waals surface area contributed by atoms with Crippen LogP contribution in [0.4, 0.5) is 0 Å². The lowest BCUT2D eigenvalue weighted by atomic mass is 10.0. The lowest BCUT2D eigenvalue weighted by Gasteiger charge is -2.17. The summed E-state index contributed by atoms with van der Waals surface area (Å²) in [5.41, 5.74) is 0.484. The van der Waals surface area contributed by atoms with E-state index in [2.05, 4.69) is 5.32 Å². The van der Waals surface area contributed by atoms with Crippen LogP contribution < -0.4 is 5.32 Å². The molecule has 1 aromatic rings. The number of aliphatic hydroxyl groups excluding tert-OH is 1. The van der Waals surface area contributed by atoms with Gasteiger partial charge < -0.3 is 14.8 Å². The molecule has 0 radical (unpaired) electrons. The minimum absolute atomic E-state index is 0.0399. The Kier molecular flexibility index (Phi) is 4.37. The van der Waals surface area contributed by atoms with Gasteiger partial charge in [-0.05, 0) is 18.4 Å². The number of hydrogen-bond donors (Lipinski definition) is 2. The predicted octanol–water partition coefficient (Wildman–Crippen LogP) is 1.42. The molecule has 84 valence electrons. The van der Waals surface area contributed by atoms with Gasteiger partial charge in [-0.3, -0.25) is 4.79 Å². The minimum atomic E-state index is -0.205. The Bertz CT molecular complexity index is 293. The van der Waals surface area contributed by atoms with Crippen molar-refractivity contribution in [2.75, 3.05) is 6.61 Å². The molecule has 1 amide bonds. The van der Waals surface area contributed by atoms with Crippen LogP contribution in [-0.4, -0.2) is 23.7 Å². The Morgan fingerprint density at radius 2 is 2.33 bits per heavy atom. The summed E-state index contributed by atoms with van der Waals surface area (Å²) in [5.74, 6) is 0.232. The van der Waals surface area contributed by atoms with Gasteiger partial charge in [0.2, 0.25) is 0 Å². The fraction of sp³-hybridized carbons (Fsp3) is 0.545. The monoisotopic (exact) mass is 211 g/mol. The van der Waals surface area contributed by atoms with Gasteiger partial charge in [0.05, 0.1) is 24.5 Å². The van der Waals surface area contributed by atoms with Gasteiger partial charge in [0, 0.05) is 0 Å². The van der Waals surface area contributed by atoms with E-state index in [0.717, 1.165) is 6.42 Å². The van der Waals surface area contributed by atoms with E-state index in [1.54, 1.807) is 6.07 Å². The highest BCUT2D eigenvalue weighted by atomic mass is 16.3. The minimum Gasteiger partial charge on any atom is -0.472 e. The molecule has 1 rings (SSSR count). The number of carbonyl (C=O) groups is 1. The number of aliphatic hydroxyl groups is 1. The maximum atomic E-state index is 11.6. The average molecular weight is 211 g/mol. The van der Waals surface area contributed by atoms with Crippen LogP contribution in [0, 0.1) is 5.92 Å². The molecule has 15 heavy (non-hydrogen) atoms. The first-order valence-electron chi connectivity index (χ1n) is 5.07.